The smallest absolute Gasteiger partial charge is 0.0897 e. The second-order valence-electron chi connectivity index (χ2n) is 3.65. The molecule has 1 aromatic heterocycles. The number of hydrogen-bond donors (Lipinski definition) is 1. The third kappa shape index (κ3) is 2.74. The van der Waals surface area contributed by atoms with Crippen LogP contribution in [-0.2, 0) is 0 Å². The highest BCUT2D eigenvalue weighted by molar-refractivity contribution is 7.11. The van der Waals surface area contributed by atoms with Crippen LogP contribution in [0.2, 0.25) is 5.02 Å². The maximum absolute atomic E-state index is 5.83. The molecule has 0 spiro atoms. The fourth-order valence-corrected chi connectivity index (χ4v) is 2.36. The van der Waals surface area contributed by atoms with Crippen molar-refractivity contribution in [3.05, 3.63) is 45.4 Å². The van der Waals surface area contributed by atoms with Crippen LogP contribution in [0.5, 0.6) is 0 Å². The minimum atomic E-state index is 0.271. The van der Waals surface area contributed by atoms with Crippen molar-refractivity contribution >= 4 is 28.6 Å². The van der Waals surface area contributed by atoms with Gasteiger partial charge in [0.15, 0.2) is 0 Å². The van der Waals surface area contributed by atoms with E-state index in [1.807, 2.05) is 37.4 Å². The molecule has 0 saturated carbocycles. The van der Waals surface area contributed by atoms with Gasteiger partial charge in [-0.25, -0.2) is 4.98 Å². The Morgan fingerprint density at radius 1 is 1.31 bits per heavy atom. The van der Waals surface area contributed by atoms with Crippen LogP contribution in [0.3, 0.4) is 0 Å². The third-order valence-electron chi connectivity index (χ3n) is 2.29. The lowest BCUT2D eigenvalue weighted by molar-refractivity contribution is 0.903. The van der Waals surface area contributed by atoms with Crippen molar-refractivity contribution in [1.82, 2.24) is 4.98 Å². The Labute approximate surface area is 104 Å². The van der Waals surface area contributed by atoms with E-state index in [0.29, 0.717) is 0 Å². The van der Waals surface area contributed by atoms with Gasteiger partial charge in [0, 0.05) is 21.8 Å². The molecule has 0 aliphatic carbocycles. The molecule has 0 fully saturated rings. The Morgan fingerprint density at radius 3 is 2.56 bits per heavy atom. The minimum absolute atomic E-state index is 0.271. The Balaban J connectivity index is 2.07. The normalized spacial score (nSPS) is 12.4. The van der Waals surface area contributed by atoms with Gasteiger partial charge in [-0.15, -0.1) is 11.3 Å². The lowest BCUT2D eigenvalue weighted by atomic mass is 10.2. The standard InChI is InChI=1S/C12H13ClN2S/c1-8(12-7-14-9(2)16-12)15-11-5-3-10(13)4-6-11/h3-8,15H,1-2H3. The summed E-state index contributed by atoms with van der Waals surface area (Å²) in [4.78, 5) is 5.49. The van der Waals surface area contributed by atoms with Gasteiger partial charge in [0.2, 0.25) is 0 Å². The van der Waals surface area contributed by atoms with E-state index in [1.165, 1.54) is 4.88 Å². The highest BCUT2D eigenvalue weighted by Crippen LogP contribution is 2.24. The Hall–Kier alpha value is -1.06. The molecule has 2 aromatic rings. The van der Waals surface area contributed by atoms with Crippen LogP contribution in [0, 0.1) is 6.92 Å². The zero-order valence-electron chi connectivity index (χ0n) is 9.20. The van der Waals surface area contributed by atoms with Gasteiger partial charge in [0.25, 0.3) is 0 Å². The van der Waals surface area contributed by atoms with Crippen molar-refractivity contribution in [2.75, 3.05) is 5.32 Å². The summed E-state index contributed by atoms with van der Waals surface area (Å²) in [5.74, 6) is 0. The van der Waals surface area contributed by atoms with Crippen LogP contribution in [0.4, 0.5) is 5.69 Å². The van der Waals surface area contributed by atoms with Crippen LogP contribution < -0.4 is 5.32 Å². The topological polar surface area (TPSA) is 24.9 Å². The van der Waals surface area contributed by atoms with Crippen molar-refractivity contribution in [2.45, 2.75) is 19.9 Å². The van der Waals surface area contributed by atoms with Gasteiger partial charge in [0.1, 0.15) is 0 Å². The molecule has 1 aromatic carbocycles. The first-order valence-corrected chi connectivity index (χ1v) is 6.29. The van der Waals surface area contributed by atoms with Crippen molar-refractivity contribution < 1.29 is 0 Å². The minimum Gasteiger partial charge on any atom is -0.378 e. The summed E-state index contributed by atoms with van der Waals surface area (Å²) in [7, 11) is 0. The molecule has 1 unspecified atom stereocenters. The summed E-state index contributed by atoms with van der Waals surface area (Å²) in [6.45, 7) is 4.14. The van der Waals surface area contributed by atoms with E-state index in [2.05, 4.69) is 17.2 Å². The van der Waals surface area contributed by atoms with E-state index < -0.39 is 0 Å². The molecule has 0 bridgehead atoms. The molecule has 84 valence electrons. The summed E-state index contributed by atoms with van der Waals surface area (Å²) < 4.78 is 0. The van der Waals surface area contributed by atoms with E-state index in [9.17, 15) is 0 Å². The molecule has 16 heavy (non-hydrogen) atoms. The largest absolute Gasteiger partial charge is 0.378 e. The van der Waals surface area contributed by atoms with Crippen molar-refractivity contribution in [1.29, 1.82) is 0 Å². The SMILES string of the molecule is Cc1ncc(C(C)Nc2ccc(Cl)cc2)s1. The van der Waals surface area contributed by atoms with Crippen LogP contribution in [0.25, 0.3) is 0 Å². The van der Waals surface area contributed by atoms with Crippen LogP contribution in [-0.4, -0.2) is 4.98 Å². The average molecular weight is 253 g/mol. The lowest BCUT2D eigenvalue weighted by Crippen LogP contribution is -2.04. The molecule has 0 aliphatic rings. The maximum atomic E-state index is 5.83. The second-order valence-corrected chi connectivity index (χ2v) is 5.36. The lowest BCUT2D eigenvalue weighted by Gasteiger charge is -2.13. The predicted molar refractivity (Wildman–Crippen MR) is 70.3 cm³/mol. The quantitative estimate of drug-likeness (QED) is 0.882. The first-order chi connectivity index (χ1) is 7.65. The Kier molecular flexibility index (Phi) is 3.46. The maximum Gasteiger partial charge on any atom is 0.0897 e. The number of benzene rings is 1. The average Bonchev–Trinajstić information content (AvgIpc) is 2.68. The summed E-state index contributed by atoms with van der Waals surface area (Å²) in [5, 5.41) is 5.26. The number of aryl methyl sites for hydroxylation is 1. The van der Waals surface area contributed by atoms with Crippen molar-refractivity contribution in [3.8, 4) is 0 Å². The van der Waals surface area contributed by atoms with Crippen LogP contribution in [0.1, 0.15) is 22.9 Å². The van der Waals surface area contributed by atoms with Crippen LogP contribution >= 0.6 is 22.9 Å². The number of nitrogens with one attached hydrogen (secondary N) is 1. The molecule has 0 amide bonds. The van der Waals surface area contributed by atoms with Gasteiger partial charge in [-0.2, -0.15) is 0 Å². The molecule has 1 N–H and O–H groups in total. The number of aromatic nitrogens is 1. The second kappa shape index (κ2) is 4.85. The molecular formula is C12H13ClN2S. The molecule has 2 nitrogen and oxygen atoms in total. The van der Waals surface area contributed by atoms with Gasteiger partial charge in [-0.05, 0) is 38.1 Å². The predicted octanol–water partition coefficient (Wildman–Crippen LogP) is 4.28. The number of rotatable bonds is 3. The zero-order valence-corrected chi connectivity index (χ0v) is 10.8. The van der Waals surface area contributed by atoms with Crippen molar-refractivity contribution in [2.24, 2.45) is 0 Å². The fraction of sp³-hybridized carbons (Fsp3) is 0.250. The molecule has 0 saturated heterocycles. The number of thiazole rings is 1. The Bertz CT molecular complexity index is 464. The fourth-order valence-electron chi connectivity index (χ4n) is 1.45. The van der Waals surface area contributed by atoms with Gasteiger partial charge < -0.3 is 5.32 Å². The van der Waals surface area contributed by atoms with E-state index in [4.69, 9.17) is 11.6 Å². The number of anilines is 1. The monoisotopic (exact) mass is 252 g/mol. The van der Waals surface area contributed by atoms with E-state index >= 15 is 0 Å². The first kappa shape index (κ1) is 11.4. The van der Waals surface area contributed by atoms with Crippen LogP contribution in [0.15, 0.2) is 30.5 Å². The summed E-state index contributed by atoms with van der Waals surface area (Å²) in [6.07, 6.45) is 1.92. The highest BCUT2D eigenvalue weighted by Gasteiger charge is 2.07. The molecule has 1 atom stereocenters. The molecule has 2 rings (SSSR count). The summed E-state index contributed by atoms with van der Waals surface area (Å²) in [5.41, 5.74) is 1.07. The Morgan fingerprint density at radius 2 is 2.00 bits per heavy atom. The first-order valence-electron chi connectivity index (χ1n) is 5.09. The third-order valence-corrected chi connectivity index (χ3v) is 3.64. The van der Waals surface area contributed by atoms with E-state index in [0.717, 1.165) is 15.7 Å². The summed E-state index contributed by atoms with van der Waals surface area (Å²) >= 11 is 7.55. The van der Waals surface area contributed by atoms with Gasteiger partial charge in [-0.1, -0.05) is 11.6 Å². The molecule has 0 radical (unpaired) electrons. The van der Waals surface area contributed by atoms with Gasteiger partial charge in [-0.3, -0.25) is 0 Å². The number of halogens is 1. The molecule has 1 heterocycles. The van der Waals surface area contributed by atoms with E-state index in [1.54, 1.807) is 11.3 Å². The molecule has 0 aliphatic heterocycles. The molecular weight excluding hydrogens is 240 g/mol. The van der Waals surface area contributed by atoms with E-state index in [-0.39, 0.29) is 6.04 Å². The van der Waals surface area contributed by atoms with Gasteiger partial charge in [0.05, 0.1) is 11.0 Å². The molecule has 4 heteroatoms. The van der Waals surface area contributed by atoms with Crippen molar-refractivity contribution in [3.63, 3.8) is 0 Å². The zero-order chi connectivity index (χ0) is 11.5. The highest BCUT2D eigenvalue weighted by atomic mass is 35.5. The summed E-state index contributed by atoms with van der Waals surface area (Å²) in [6, 6.07) is 8.00. The van der Waals surface area contributed by atoms with Gasteiger partial charge >= 0.3 is 0 Å². The number of nitrogens with zero attached hydrogens (tertiary/aromatic N) is 1. The number of hydrogen-bond acceptors (Lipinski definition) is 3.